The Morgan fingerprint density at radius 2 is 2.00 bits per heavy atom. The molecule has 0 bridgehead atoms. The molecular weight excluding hydrogens is 316 g/mol. The fourth-order valence-corrected chi connectivity index (χ4v) is 2.38. The molecule has 0 atom stereocenters. The fourth-order valence-electron chi connectivity index (χ4n) is 2.38. The summed E-state index contributed by atoms with van der Waals surface area (Å²) in [7, 11) is 0. The van der Waals surface area contributed by atoms with Gasteiger partial charge in [0.2, 0.25) is 0 Å². The first kappa shape index (κ1) is 18.7. The van der Waals surface area contributed by atoms with Crippen LogP contribution >= 0.6 is 0 Å². The Hall–Kier alpha value is -2.67. The molecule has 0 amide bonds. The number of nitrogens with two attached hydrogens (primary N) is 1. The smallest absolute Gasteiger partial charge is 0.280 e. The van der Waals surface area contributed by atoms with E-state index in [1.54, 1.807) is 6.20 Å². The first-order valence-corrected chi connectivity index (χ1v) is 8.45. The van der Waals surface area contributed by atoms with Crippen LogP contribution in [0.5, 0.6) is 0 Å². The Kier molecular flexibility index (Phi) is 6.71. The molecule has 0 saturated carbocycles. The molecule has 0 spiro atoms. The van der Waals surface area contributed by atoms with Crippen molar-refractivity contribution in [2.24, 2.45) is 5.73 Å². The third-order valence-corrected chi connectivity index (χ3v) is 3.80. The molecule has 25 heavy (non-hydrogen) atoms. The lowest BCUT2D eigenvalue weighted by Gasteiger charge is -2.08. The number of H-pyrrole nitrogens is 1. The van der Waals surface area contributed by atoms with Crippen molar-refractivity contribution >= 4 is 5.96 Å². The molecule has 6 N–H and O–H groups in total. The number of aromatic amines is 1. The Morgan fingerprint density at radius 1 is 1.28 bits per heavy atom. The van der Waals surface area contributed by atoms with Crippen molar-refractivity contribution in [2.45, 2.75) is 32.7 Å². The first-order chi connectivity index (χ1) is 12.0. The molecule has 0 saturated heterocycles. The lowest BCUT2D eigenvalue weighted by molar-refractivity contribution is 0.639. The molecule has 1 aromatic heterocycles. The molecule has 0 aliphatic carbocycles. The van der Waals surface area contributed by atoms with Crippen LogP contribution in [0.15, 0.2) is 35.3 Å². The molecule has 1 heterocycles. The van der Waals surface area contributed by atoms with E-state index in [0.717, 1.165) is 30.6 Å². The van der Waals surface area contributed by atoms with E-state index in [9.17, 15) is 4.79 Å². The van der Waals surface area contributed by atoms with E-state index in [-0.39, 0.29) is 17.4 Å². The first-order valence-electron chi connectivity index (χ1n) is 8.45. The number of guanidine groups is 1. The van der Waals surface area contributed by atoms with Crippen LogP contribution in [0.25, 0.3) is 11.1 Å². The number of hydrogen-bond donors (Lipinski definition) is 5. The highest BCUT2D eigenvalue weighted by atomic mass is 16.1. The monoisotopic (exact) mass is 342 g/mol. The van der Waals surface area contributed by atoms with Gasteiger partial charge in [-0.15, -0.1) is 0 Å². The van der Waals surface area contributed by atoms with E-state index >= 15 is 0 Å². The highest BCUT2D eigenvalue weighted by Gasteiger charge is 2.08. The summed E-state index contributed by atoms with van der Waals surface area (Å²) in [6.45, 7) is 6.26. The number of nitrogens with zero attached hydrogens (tertiary/aromatic N) is 1. The maximum Gasteiger partial charge on any atom is 0.280 e. The molecule has 7 nitrogen and oxygen atoms in total. The molecule has 2 rings (SSSR count). The third kappa shape index (κ3) is 5.72. The molecular formula is C18H26N6O. The molecule has 1 aromatic carbocycles. The van der Waals surface area contributed by atoms with Crippen LogP contribution < -0.4 is 21.9 Å². The van der Waals surface area contributed by atoms with E-state index in [0.29, 0.717) is 17.9 Å². The number of rotatable bonds is 8. The summed E-state index contributed by atoms with van der Waals surface area (Å²) in [5.74, 6) is 0.899. The predicted molar refractivity (Wildman–Crippen MR) is 101 cm³/mol. The summed E-state index contributed by atoms with van der Waals surface area (Å²) in [5.41, 5.74) is 7.60. The molecule has 0 aliphatic rings. The second kappa shape index (κ2) is 8.98. The zero-order valence-electron chi connectivity index (χ0n) is 14.7. The van der Waals surface area contributed by atoms with Crippen molar-refractivity contribution < 1.29 is 0 Å². The van der Waals surface area contributed by atoms with Gasteiger partial charge >= 0.3 is 0 Å². The summed E-state index contributed by atoms with van der Waals surface area (Å²) < 4.78 is 0. The summed E-state index contributed by atoms with van der Waals surface area (Å²) in [6.07, 6.45) is 2.63. The quantitative estimate of drug-likeness (QED) is 0.283. The van der Waals surface area contributed by atoms with Crippen molar-refractivity contribution in [1.82, 2.24) is 20.6 Å². The largest absolute Gasteiger partial charge is 0.370 e. The molecule has 0 aliphatic heterocycles. The summed E-state index contributed by atoms with van der Waals surface area (Å²) >= 11 is 0. The zero-order valence-corrected chi connectivity index (χ0v) is 14.7. The topological polar surface area (TPSA) is 120 Å². The van der Waals surface area contributed by atoms with Crippen molar-refractivity contribution in [3.8, 4) is 11.1 Å². The van der Waals surface area contributed by atoms with E-state index in [1.165, 1.54) is 0 Å². The number of hydrogen-bond acceptors (Lipinski definition) is 4. The molecule has 0 unspecified atom stereocenters. The minimum Gasteiger partial charge on any atom is -0.370 e. The zero-order chi connectivity index (χ0) is 18.2. The Balaban J connectivity index is 1.89. The van der Waals surface area contributed by atoms with Crippen LogP contribution in [-0.4, -0.2) is 29.0 Å². The fraction of sp³-hybridized carbons (Fsp3) is 0.389. The van der Waals surface area contributed by atoms with Gasteiger partial charge in [0.15, 0.2) is 5.96 Å². The Bertz CT molecular complexity index is 751. The number of nitrogens with one attached hydrogen (secondary N) is 4. The highest BCUT2D eigenvalue weighted by molar-refractivity contribution is 5.74. The van der Waals surface area contributed by atoms with Crippen molar-refractivity contribution in [3.05, 3.63) is 52.2 Å². The maximum atomic E-state index is 12.2. The van der Waals surface area contributed by atoms with Crippen molar-refractivity contribution in [1.29, 1.82) is 5.41 Å². The van der Waals surface area contributed by atoms with Crippen LogP contribution in [0, 0.1) is 5.41 Å². The van der Waals surface area contributed by atoms with Gasteiger partial charge in [0.25, 0.3) is 5.56 Å². The van der Waals surface area contributed by atoms with E-state index < -0.39 is 0 Å². The number of aromatic nitrogens is 2. The average molecular weight is 342 g/mol. The van der Waals surface area contributed by atoms with E-state index in [2.05, 4.69) is 20.6 Å². The van der Waals surface area contributed by atoms with Gasteiger partial charge in [-0.25, -0.2) is 0 Å². The summed E-state index contributed by atoms with van der Waals surface area (Å²) in [6, 6.07) is 7.89. The summed E-state index contributed by atoms with van der Waals surface area (Å²) in [5, 5.41) is 13.2. The lowest BCUT2D eigenvalue weighted by atomic mass is 10.1. The van der Waals surface area contributed by atoms with E-state index in [4.69, 9.17) is 11.1 Å². The van der Waals surface area contributed by atoms with Gasteiger partial charge in [0.05, 0.1) is 5.56 Å². The predicted octanol–water partition coefficient (Wildman–Crippen LogP) is 1.52. The summed E-state index contributed by atoms with van der Waals surface area (Å²) in [4.78, 5) is 19.4. The van der Waals surface area contributed by atoms with Crippen molar-refractivity contribution in [2.75, 3.05) is 13.1 Å². The van der Waals surface area contributed by atoms with Gasteiger partial charge in [-0.1, -0.05) is 38.1 Å². The third-order valence-electron chi connectivity index (χ3n) is 3.80. The Labute approximate surface area is 147 Å². The minimum atomic E-state index is -0.203. The van der Waals surface area contributed by atoms with Crippen LogP contribution in [-0.2, 0) is 6.54 Å². The van der Waals surface area contributed by atoms with Gasteiger partial charge in [-0.3, -0.25) is 10.2 Å². The second-order valence-corrected chi connectivity index (χ2v) is 6.23. The molecule has 0 radical (unpaired) electrons. The maximum absolute atomic E-state index is 12.2. The molecule has 2 aromatic rings. The van der Waals surface area contributed by atoms with Gasteiger partial charge in [0.1, 0.15) is 5.82 Å². The highest BCUT2D eigenvalue weighted by Crippen LogP contribution is 2.16. The molecule has 134 valence electrons. The van der Waals surface area contributed by atoms with Gasteiger partial charge in [-0.05, 0) is 24.1 Å². The number of benzene rings is 1. The van der Waals surface area contributed by atoms with Crippen LogP contribution in [0.3, 0.4) is 0 Å². The minimum absolute atomic E-state index is 0.00138. The van der Waals surface area contributed by atoms with Gasteiger partial charge in [-0.2, -0.15) is 4.98 Å². The van der Waals surface area contributed by atoms with Gasteiger partial charge < -0.3 is 21.4 Å². The molecule has 0 fully saturated rings. The average Bonchev–Trinajstić information content (AvgIpc) is 2.58. The van der Waals surface area contributed by atoms with Crippen LogP contribution in [0.1, 0.15) is 37.6 Å². The Morgan fingerprint density at radius 3 is 2.60 bits per heavy atom. The second-order valence-electron chi connectivity index (χ2n) is 6.23. The molecule has 7 heteroatoms. The SMILES string of the molecule is CC(C)c1nc(=O)c(-c2ccc(CNCCCNC(=N)N)cc2)c[nH]1. The van der Waals surface area contributed by atoms with Crippen LogP contribution in [0.2, 0.25) is 0 Å². The standard InChI is InChI=1S/C18H26N6O/c1-12(2)16-23-11-15(17(25)24-16)14-6-4-13(5-7-14)10-21-8-3-9-22-18(19)20/h4-7,11-12,21H,3,8-10H2,1-2H3,(H4,19,20,22)(H,23,24,25). The van der Waals surface area contributed by atoms with E-state index in [1.807, 2.05) is 38.1 Å². The lowest BCUT2D eigenvalue weighted by Crippen LogP contribution is -2.32. The van der Waals surface area contributed by atoms with Crippen LogP contribution in [0.4, 0.5) is 0 Å². The van der Waals surface area contributed by atoms with Gasteiger partial charge in [0, 0.05) is 25.2 Å². The van der Waals surface area contributed by atoms with Crippen molar-refractivity contribution in [3.63, 3.8) is 0 Å². The normalized spacial score (nSPS) is 10.8.